The quantitative estimate of drug-likeness (QED) is 0.590. The number of allylic oxidation sites excluding steroid dienone is 2. The molecule has 2 heterocycles. The largest absolute Gasteiger partial charge is 0.344 e. The van der Waals surface area contributed by atoms with Crippen molar-refractivity contribution < 1.29 is 14.4 Å². The number of nitrogens with zero attached hydrogens (tertiary/aromatic N) is 3. The second-order valence-electron chi connectivity index (χ2n) is 7.15. The van der Waals surface area contributed by atoms with Gasteiger partial charge in [0, 0.05) is 31.9 Å². The highest BCUT2D eigenvalue weighted by Crippen LogP contribution is 2.52. The summed E-state index contributed by atoms with van der Waals surface area (Å²) in [6, 6.07) is 5.67. The lowest BCUT2D eigenvalue weighted by atomic mass is 9.85. The number of carbonyl (C=O) groups excluding carboxylic acids is 3. The standard InChI is InChI=1S/C19H21N3O3/c1-21(9-7-14-4-2-3-8-20-14)15(23)11-22-18(24)16-12-5-6-13(10-12)17(16)19(22)25/h2-6,8,12-13,16-17H,7,9-11H2,1H3/t12-,13-,16-,17+/m0/s1. The Morgan fingerprint density at radius 3 is 2.48 bits per heavy atom. The highest BCUT2D eigenvalue weighted by molar-refractivity contribution is 6.08. The minimum atomic E-state index is -0.242. The lowest BCUT2D eigenvalue weighted by Crippen LogP contribution is -2.43. The molecule has 1 saturated heterocycles. The fourth-order valence-electron chi connectivity index (χ4n) is 4.33. The summed E-state index contributed by atoms with van der Waals surface area (Å²) in [4.78, 5) is 44.7. The zero-order chi connectivity index (χ0) is 17.6. The van der Waals surface area contributed by atoms with Crippen molar-refractivity contribution in [2.24, 2.45) is 23.7 Å². The highest BCUT2D eigenvalue weighted by atomic mass is 16.2. The molecule has 4 atom stereocenters. The first-order valence-corrected chi connectivity index (χ1v) is 8.73. The van der Waals surface area contributed by atoms with Gasteiger partial charge in [-0.2, -0.15) is 0 Å². The molecule has 0 unspecified atom stereocenters. The molecule has 0 N–H and O–H groups in total. The smallest absolute Gasteiger partial charge is 0.242 e. The van der Waals surface area contributed by atoms with E-state index in [4.69, 9.17) is 0 Å². The number of likely N-dealkylation sites (N-methyl/N-ethyl adjacent to an activating group) is 1. The van der Waals surface area contributed by atoms with Crippen LogP contribution in [0.4, 0.5) is 0 Å². The third-order valence-electron chi connectivity index (χ3n) is 5.71. The number of carbonyl (C=O) groups is 3. The van der Waals surface area contributed by atoms with Gasteiger partial charge < -0.3 is 4.90 Å². The van der Waals surface area contributed by atoms with Crippen LogP contribution >= 0.6 is 0 Å². The van der Waals surface area contributed by atoms with Crippen LogP contribution in [0.1, 0.15) is 12.1 Å². The molecule has 25 heavy (non-hydrogen) atoms. The molecule has 2 aliphatic carbocycles. The van der Waals surface area contributed by atoms with Crippen LogP contribution in [0.25, 0.3) is 0 Å². The summed E-state index contributed by atoms with van der Waals surface area (Å²) in [5.74, 6) is -0.681. The summed E-state index contributed by atoms with van der Waals surface area (Å²) in [6.45, 7) is 0.356. The predicted molar refractivity (Wildman–Crippen MR) is 90.0 cm³/mol. The molecule has 6 heteroatoms. The fraction of sp³-hybridized carbons (Fsp3) is 0.474. The summed E-state index contributed by atoms with van der Waals surface area (Å²) in [5, 5.41) is 0. The van der Waals surface area contributed by atoms with Crippen LogP contribution in [-0.4, -0.2) is 52.6 Å². The van der Waals surface area contributed by atoms with Gasteiger partial charge in [0.2, 0.25) is 17.7 Å². The predicted octanol–water partition coefficient (Wildman–Crippen LogP) is 0.890. The van der Waals surface area contributed by atoms with Crippen LogP contribution in [0.3, 0.4) is 0 Å². The number of pyridine rings is 1. The fourth-order valence-corrected chi connectivity index (χ4v) is 4.33. The number of hydrogen-bond acceptors (Lipinski definition) is 4. The average molecular weight is 339 g/mol. The lowest BCUT2D eigenvalue weighted by Gasteiger charge is -2.21. The third kappa shape index (κ3) is 2.65. The monoisotopic (exact) mass is 339 g/mol. The molecule has 1 saturated carbocycles. The number of aromatic nitrogens is 1. The summed E-state index contributed by atoms with van der Waals surface area (Å²) in [7, 11) is 1.70. The summed E-state index contributed by atoms with van der Waals surface area (Å²) < 4.78 is 0. The van der Waals surface area contributed by atoms with Gasteiger partial charge in [0.25, 0.3) is 0 Å². The van der Waals surface area contributed by atoms with Gasteiger partial charge in [-0.25, -0.2) is 0 Å². The maximum absolute atomic E-state index is 12.6. The molecular weight excluding hydrogens is 318 g/mol. The van der Waals surface area contributed by atoms with Crippen molar-refractivity contribution in [3.8, 4) is 0 Å². The molecule has 3 aliphatic rings. The minimum Gasteiger partial charge on any atom is -0.344 e. The Morgan fingerprint density at radius 1 is 1.20 bits per heavy atom. The van der Waals surface area contributed by atoms with Crippen LogP contribution in [0.2, 0.25) is 0 Å². The molecule has 1 aromatic heterocycles. The molecule has 2 fully saturated rings. The second kappa shape index (κ2) is 6.10. The van der Waals surface area contributed by atoms with Gasteiger partial charge in [-0.15, -0.1) is 0 Å². The van der Waals surface area contributed by atoms with E-state index in [0.29, 0.717) is 13.0 Å². The van der Waals surface area contributed by atoms with Gasteiger partial charge in [-0.1, -0.05) is 18.2 Å². The van der Waals surface area contributed by atoms with Crippen molar-refractivity contribution in [2.75, 3.05) is 20.1 Å². The number of rotatable bonds is 5. The molecule has 0 radical (unpaired) electrons. The molecule has 2 bridgehead atoms. The first-order chi connectivity index (χ1) is 12.1. The Morgan fingerprint density at radius 2 is 1.88 bits per heavy atom. The van der Waals surface area contributed by atoms with E-state index in [0.717, 1.165) is 12.1 Å². The zero-order valence-electron chi connectivity index (χ0n) is 14.2. The van der Waals surface area contributed by atoms with Gasteiger partial charge in [-0.3, -0.25) is 24.3 Å². The Hall–Kier alpha value is -2.50. The van der Waals surface area contributed by atoms with E-state index in [-0.39, 0.29) is 47.9 Å². The third-order valence-corrected chi connectivity index (χ3v) is 5.71. The second-order valence-corrected chi connectivity index (χ2v) is 7.15. The van der Waals surface area contributed by atoms with Gasteiger partial charge in [0.05, 0.1) is 11.8 Å². The normalized spacial score (nSPS) is 29.4. The maximum Gasteiger partial charge on any atom is 0.242 e. The minimum absolute atomic E-state index is 0.150. The van der Waals surface area contributed by atoms with Crippen LogP contribution in [0.15, 0.2) is 36.5 Å². The van der Waals surface area contributed by atoms with Crippen LogP contribution in [0.5, 0.6) is 0 Å². The van der Waals surface area contributed by atoms with Crippen LogP contribution < -0.4 is 0 Å². The van der Waals surface area contributed by atoms with E-state index in [1.54, 1.807) is 18.1 Å². The van der Waals surface area contributed by atoms with Crippen LogP contribution in [-0.2, 0) is 20.8 Å². The number of likely N-dealkylation sites (tertiary alicyclic amines) is 1. The Labute approximate surface area is 146 Å². The summed E-state index contributed by atoms with van der Waals surface area (Å²) in [6.07, 6.45) is 7.38. The Kier molecular flexibility index (Phi) is 3.90. The van der Waals surface area contributed by atoms with E-state index in [1.807, 2.05) is 18.2 Å². The molecule has 3 amide bonds. The van der Waals surface area contributed by atoms with Gasteiger partial charge >= 0.3 is 0 Å². The molecule has 1 aliphatic heterocycles. The van der Waals surface area contributed by atoms with Crippen molar-refractivity contribution in [1.82, 2.24) is 14.8 Å². The summed E-state index contributed by atoms with van der Waals surface area (Å²) in [5.41, 5.74) is 0.910. The number of fused-ring (bicyclic) bond motifs is 5. The van der Waals surface area contributed by atoms with Crippen molar-refractivity contribution in [3.63, 3.8) is 0 Å². The molecule has 0 spiro atoms. The first-order valence-electron chi connectivity index (χ1n) is 8.73. The van der Waals surface area contributed by atoms with E-state index in [1.165, 1.54) is 4.90 Å². The lowest BCUT2D eigenvalue weighted by molar-refractivity contribution is -0.146. The molecule has 6 nitrogen and oxygen atoms in total. The van der Waals surface area contributed by atoms with Crippen molar-refractivity contribution in [3.05, 3.63) is 42.2 Å². The summed E-state index contributed by atoms with van der Waals surface area (Å²) >= 11 is 0. The van der Waals surface area contributed by atoms with Gasteiger partial charge in [0.15, 0.2) is 0 Å². The molecule has 1 aromatic rings. The van der Waals surface area contributed by atoms with E-state index in [9.17, 15) is 14.4 Å². The van der Waals surface area contributed by atoms with Crippen LogP contribution in [0, 0.1) is 23.7 Å². The first kappa shape index (κ1) is 16.0. The maximum atomic E-state index is 12.6. The number of imide groups is 1. The van der Waals surface area contributed by atoms with E-state index < -0.39 is 0 Å². The molecule has 0 aromatic carbocycles. The molecule has 4 rings (SSSR count). The average Bonchev–Trinajstić information content (AvgIpc) is 3.30. The number of amides is 3. The van der Waals surface area contributed by atoms with Gasteiger partial charge in [0.1, 0.15) is 6.54 Å². The zero-order valence-corrected chi connectivity index (χ0v) is 14.2. The van der Waals surface area contributed by atoms with E-state index >= 15 is 0 Å². The molecule has 130 valence electrons. The number of hydrogen-bond donors (Lipinski definition) is 0. The SMILES string of the molecule is CN(CCc1ccccn1)C(=O)CN1C(=O)[C@@H]2[C@H](C1=O)[C@H]1C=C[C@H]2C1. The van der Waals surface area contributed by atoms with Crippen molar-refractivity contribution in [1.29, 1.82) is 0 Å². The van der Waals surface area contributed by atoms with E-state index in [2.05, 4.69) is 17.1 Å². The topological polar surface area (TPSA) is 70.6 Å². The Bertz CT molecular complexity index is 716. The van der Waals surface area contributed by atoms with Crippen molar-refractivity contribution in [2.45, 2.75) is 12.8 Å². The Balaban J connectivity index is 1.36. The van der Waals surface area contributed by atoms with Gasteiger partial charge in [-0.05, 0) is 30.4 Å². The van der Waals surface area contributed by atoms with Crippen molar-refractivity contribution >= 4 is 17.7 Å². The molecular formula is C19H21N3O3. The highest BCUT2D eigenvalue weighted by Gasteiger charge is 2.59.